The van der Waals surface area contributed by atoms with Crippen LogP contribution in [0.4, 0.5) is 0 Å². The third-order valence-corrected chi connectivity index (χ3v) is 11.9. The molecule has 3 rings (SSSR count). The van der Waals surface area contributed by atoms with Gasteiger partial charge in [-0.05, 0) is 129 Å². The molecule has 0 amide bonds. The summed E-state index contributed by atoms with van der Waals surface area (Å²) in [4.78, 5) is 70.1. The third-order valence-electron chi connectivity index (χ3n) is 11.9. The normalized spacial score (nSPS) is 11.1. The van der Waals surface area contributed by atoms with Crippen LogP contribution in [0.3, 0.4) is 0 Å². The minimum Gasteiger partial charge on any atom is -0.493 e. The average Bonchev–Trinajstić information content (AvgIpc) is 3.40. The summed E-state index contributed by atoms with van der Waals surface area (Å²) in [6.45, 7) is 9.49. The molecule has 0 N–H and O–H groups in total. The van der Waals surface area contributed by atoms with Gasteiger partial charge in [-0.25, -0.2) is 19.2 Å². The molecular weight excluding hydrogens is 933 g/mol. The highest BCUT2D eigenvalue weighted by atomic mass is 17.2. The number of hydrogen-bond donors (Lipinski definition) is 0. The molecule has 0 aromatic heterocycles. The number of carbonyl (C=O) groups excluding carboxylic acids is 4. The van der Waals surface area contributed by atoms with Crippen LogP contribution in [0.15, 0.2) is 78.9 Å². The molecule has 402 valence electrons. The standard InChI is InChI=1S/C59H82O14/c1-7-8-39-67-52-35-31-47(44-54(52)64-4)34-38-57(61)73-71-43-25-19-15-21-29-50-49(27-20-14-18-24-42-70-72-53-36-32-48(45-55(53)65-5)33-37-56(60)66-6)28-26-30-51(50)59(63)69-41-23-17-13-11-9-10-12-16-22-40-68-58(62)46(2)3/h26,28,30-38,44-45H,2,7-25,27,29,39-43H2,1,3-6H3. The first-order valence-corrected chi connectivity index (χ1v) is 26.3. The molecular formula is C59H82O14. The van der Waals surface area contributed by atoms with Crippen molar-refractivity contribution in [3.05, 3.63) is 107 Å². The molecule has 3 aromatic rings. The van der Waals surface area contributed by atoms with Crippen molar-refractivity contribution in [2.75, 3.05) is 54.4 Å². The molecule has 0 saturated heterocycles. The van der Waals surface area contributed by atoms with Gasteiger partial charge in [-0.2, -0.15) is 9.78 Å². The molecule has 0 atom stereocenters. The van der Waals surface area contributed by atoms with E-state index in [9.17, 15) is 19.2 Å². The van der Waals surface area contributed by atoms with Crippen LogP contribution in [0.1, 0.15) is 168 Å². The Kier molecular flexibility index (Phi) is 32.3. The van der Waals surface area contributed by atoms with Crippen LogP contribution in [0.5, 0.6) is 23.0 Å². The van der Waals surface area contributed by atoms with Crippen LogP contribution < -0.4 is 19.1 Å². The lowest BCUT2D eigenvalue weighted by Gasteiger charge is -2.15. The maximum atomic E-state index is 13.6. The Morgan fingerprint density at radius 2 is 1.07 bits per heavy atom. The van der Waals surface area contributed by atoms with Gasteiger partial charge in [-0.1, -0.05) is 115 Å². The van der Waals surface area contributed by atoms with Crippen molar-refractivity contribution < 1.29 is 67.1 Å². The minimum atomic E-state index is -0.603. The highest BCUT2D eigenvalue weighted by molar-refractivity contribution is 5.91. The third kappa shape index (κ3) is 26.4. The fourth-order valence-corrected chi connectivity index (χ4v) is 7.69. The summed E-state index contributed by atoms with van der Waals surface area (Å²) in [6.07, 6.45) is 26.0. The molecule has 14 heteroatoms. The van der Waals surface area contributed by atoms with E-state index in [-0.39, 0.29) is 18.5 Å². The van der Waals surface area contributed by atoms with Crippen molar-refractivity contribution in [3.8, 4) is 23.0 Å². The Labute approximate surface area is 434 Å². The molecule has 0 aliphatic carbocycles. The van der Waals surface area contributed by atoms with Crippen LogP contribution >= 0.6 is 0 Å². The highest BCUT2D eigenvalue weighted by Gasteiger charge is 2.17. The molecule has 0 heterocycles. The molecule has 0 aliphatic heterocycles. The molecule has 0 radical (unpaired) electrons. The van der Waals surface area contributed by atoms with Gasteiger partial charge in [0.05, 0.1) is 59.9 Å². The fourth-order valence-electron chi connectivity index (χ4n) is 7.69. The molecule has 0 bridgehead atoms. The van der Waals surface area contributed by atoms with Crippen LogP contribution in [0.25, 0.3) is 12.2 Å². The fraction of sp³-hybridized carbons (Fsp3) is 0.525. The molecule has 0 spiro atoms. The van der Waals surface area contributed by atoms with Gasteiger partial charge in [0, 0.05) is 17.7 Å². The summed E-state index contributed by atoms with van der Waals surface area (Å²) in [5.74, 6) is 0.522. The van der Waals surface area contributed by atoms with E-state index >= 15 is 0 Å². The Morgan fingerprint density at radius 3 is 1.67 bits per heavy atom. The number of hydrogen-bond acceptors (Lipinski definition) is 14. The van der Waals surface area contributed by atoms with Crippen molar-refractivity contribution in [2.45, 2.75) is 149 Å². The van der Waals surface area contributed by atoms with Crippen molar-refractivity contribution >= 4 is 36.0 Å². The SMILES string of the molecule is C=C(C)C(=O)OCCCCCCCCCCCOC(=O)c1cccc(CCCCCCOOc2ccc(C=CC(=O)OC)cc2OC)c1CCCCCCOOC(=O)C=Cc1ccc(OCCCC)c(OC)c1. The average molecular weight is 1020 g/mol. The number of aryl methyl sites for hydroxylation is 1. The summed E-state index contributed by atoms with van der Waals surface area (Å²) in [5, 5.41) is 0. The topological polar surface area (TPSA) is 161 Å². The molecule has 0 fully saturated rings. The van der Waals surface area contributed by atoms with Crippen molar-refractivity contribution in [3.63, 3.8) is 0 Å². The second-order valence-corrected chi connectivity index (χ2v) is 17.8. The molecule has 14 nitrogen and oxygen atoms in total. The van der Waals surface area contributed by atoms with Gasteiger partial charge in [0.15, 0.2) is 17.2 Å². The predicted molar refractivity (Wildman–Crippen MR) is 283 cm³/mol. The zero-order valence-electron chi connectivity index (χ0n) is 44.3. The molecule has 0 saturated carbocycles. The highest BCUT2D eigenvalue weighted by Crippen LogP contribution is 2.30. The molecule has 0 unspecified atom stereocenters. The van der Waals surface area contributed by atoms with E-state index in [1.54, 1.807) is 50.5 Å². The Balaban J connectivity index is 1.43. The lowest BCUT2D eigenvalue weighted by molar-refractivity contribution is -0.267. The van der Waals surface area contributed by atoms with E-state index in [4.69, 9.17) is 43.2 Å². The molecule has 0 aliphatic rings. The Bertz CT molecular complexity index is 2140. The van der Waals surface area contributed by atoms with Crippen LogP contribution in [0.2, 0.25) is 0 Å². The lowest BCUT2D eigenvalue weighted by atomic mass is 9.92. The predicted octanol–water partition coefficient (Wildman–Crippen LogP) is 13.3. The number of unbranched alkanes of at least 4 members (excludes halogenated alkanes) is 15. The number of rotatable bonds is 41. The van der Waals surface area contributed by atoms with Crippen LogP contribution in [0, 0.1) is 0 Å². The summed E-state index contributed by atoms with van der Waals surface area (Å²) in [6, 6.07) is 16.7. The van der Waals surface area contributed by atoms with Crippen molar-refractivity contribution in [2.24, 2.45) is 0 Å². The summed E-state index contributed by atoms with van der Waals surface area (Å²) in [7, 11) is 4.45. The lowest BCUT2D eigenvalue weighted by Crippen LogP contribution is -2.12. The largest absolute Gasteiger partial charge is 0.493 e. The summed E-state index contributed by atoms with van der Waals surface area (Å²) >= 11 is 0. The minimum absolute atomic E-state index is 0.274. The number of methoxy groups -OCH3 is 3. The first-order chi connectivity index (χ1) is 35.6. The monoisotopic (exact) mass is 1010 g/mol. The van der Waals surface area contributed by atoms with Gasteiger partial charge in [0.25, 0.3) is 0 Å². The molecule has 73 heavy (non-hydrogen) atoms. The second kappa shape index (κ2) is 38.5. The van der Waals surface area contributed by atoms with Gasteiger partial charge in [-0.3, -0.25) is 4.89 Å². The van der Waals surface area contributed by atoms with Crippen molar-refractivity contribution in [1.82, 2.24) is 0 Å². The quantitative estimate of drug-likeness (QED) is 0.0132. The summed E-state index contributed by atoms with van der Waals surface area (Å²) in [5.41, 5.74) is 4.80. The molecule has 3 aromatic carbocycles. The van der Waals surface area contributed by atoms with Gasteiger partial charge in [0.1, 0.15) is 0 Å². The zero-order chi connectivity index (χ0) is 52.7. The van der Waals surface area contributed by atoms with E-state index in [0.717, 1.165) is 151 Å². The number of ether oxygens (including phenoxy) is 6. The van der Waals surface area contributed by atoms with Crippen molar-refractivity contribution in [1.29, 1.82) is 0 Å². The van der Waals surface area contributed by atoms with E-state index in [2.05, 4.69) is 24.3 Å². The Hall–Kier alpha value is -6.12. The summed E-state index contributed by atoms with van der Waals surface area (Å²) < 4.78 is 32.3. The first kappa shape index (κ1) is 61.2. The number of benzene rings is 3. The van der Waals surface area contributed by atoms with Crippen LogP contribution in [-0.2, 0) is 56.1 Å². The first-order valence-electron chi connectivity index (χ1n) is 26.3. The van der Waals surface area contributed by atoms with E-state index in [0.29, 0.717) is 67.0 Å². The van der Waals surface area contributed by atoms with E-state index < -0.39 is 11.9 Å². The Morgan fingerprint density at radius 1 is 0.534 bits per heavy atom. The van der Waals surface area contributed by atoms with E-state index in [1.165, 1.54) is 26.4 Å². The maximum absolute atomic E-state index is 13.6. The smallest absolute Gasteiger partial charge is 0.365 e. The number of carbonyl (C=O) groups is 4. The van der Waals surface area contributed by atoms with Crippen LogP contribution in [-0.4, -0.2) is 78.2 Å². The van der Waals surface area contributed by atoms with Gasteiger partial charge < -0.3 is 33.3 Å². The second-order valence-electron chi connectivity index (χ2n) is 17.8. The van der Waals surface area contributed by atoms with E-state index in [1.807, 2.05) is 24.3 Å². The zero-order valence-corrected chi connectivity index (χ0v) is 44.3. The maximum Gasteiger partial charge on any atom is 0.365 e. The number of esters is 3. The van der Waals surface area contributed by atoms with Gasteiger partial charge >= 0.3 is 23.9 Å². The van der Waals surface area contributed by atoms with Gasteiger partial charge in [-0.15, -0.1) is 0 Å². The van der Waals surface area contributed by atoms with Gasteiger partial charge in [0.2, 0.25) is 5.75 Å².